The average Bonchev–Trinajstić information content (AvgIpc) is 3.03. The fourth-order valence-corrected chi connectivity index (χ4v) is 3.14. The summed E-state index contributed by atoms with van der Waals surface area (Å²) in [7, 11) is 0. The number of carbonyl (C=O) groups is 1. The molecule has 0 aliphatic carbocycles. The van der Waals surface area contributed by atoms with Crippen LogP contribution >= 0.6 is 11.8 Å². The minimum atomic E-state index is -0.0856. The maximum absolute atomic E-state index is 12.1. The highest BCUT2D eigenvalue weighted by Gasteiger charge is 2.09. The standard InChI is InChI=1S/C19H14N2O2S/c22-18(12-24-19-21-16-7-3-4-8-17(16)23-19)20-15-10-9-13-5-1-2-6-14(13)11-15/h1-11H,12H2,(H,20,22). The number of aromatic nitrogens is 1. The summed E-state index contributed by atoms with van der Waals surface area (Å²) in [5.74, 6) is 0.164. The minimum Gasteiger partial charge on any atom is -0.431 e. The SMILES string of the molecule is O=C(CSc1nc2ccccc2o1)Nc1ccc2ccccc2c1. The van der Waals surface area contributed by atoms with Gasteiger partial charge >= 0.3 is 0 Å². The second-order valence-electron chi connectivity index (χ2n) is 5.35. The Labute approximate surface area is 142 Å². The highest BCUT2D eigenvalue weighted by atomic mass is 32.2. The van der Waals surface area contributed by atoms with Crippen molar-refractivity contribution in [3.63, 3.8) is 0 Å². The van der Waals surface area contributed by atoms with Gasteiger partial charge in [-0.15, -0.1) is 0 Å². The van der Waals surface area contributed by atoms with Crippen molar-refractivity contribution in [3.05, 3.63) is 66.7 Å². The molecule has 3 aromatic carbocycles. The van der Waals surface area contributed by atoms with Crippen molar-refractivity contribution in [1.29, 1.82) is 0 Å². The zero-order chi connectivity index (χ0) is 16.4. The molecule has 4 aromatic rings. The van der Waals surface area contributed by atoms with E-state index in [0.29, 0.717) is 5.22 Å². The Hall–Kier alpha value is -2.79. The van der Waals surface area contributed by atoms with Gasteiger partial charge in [-0.2, -0.15) is 0 Å². The van der Waals surface area contributed by atoms with Crippen LogP contribution in [0.25, 0.3) is 21.9 Å². The van der Waals surface area contributed by atoms with E-state index in [-0.39, 0.29) is 11.7 Å². The molecule has 1 amide bonds. The van der Waals surface area contributed by atoms with E-state index < -0.39 is 0 Å². The van der Waals surface area contributed by atoms with Gasteiger partial charge in [0.1, 0.15) is 5.52 Å². The minimum absolute atomic E-state index is 0.0856. The van der Waals surface area contributed by atoms with Gasteiger partial charge in [0.15, 0.2) is 5.58 Å². The van der Waals surface area contributed by atoms with E-state index in [2.05, 4.69) is 10.3 Å². The maximum Gasteiger partial charge on any atom is 0.257 e. The number of para-hydroxylation sites is 2. The summed E-state index contributed by atoms with van der Waals surface area (Å²) in [6.45, 7) is 0. The van der Waals surface area contributed by atoms with E-state index in [9.17, 15) is 4.79 Å². The molecule has 1 N–H and O–H groups in total. The Bertz CT molecular complexity index is 993. The predicted molar refractivity (Wildman–Crippen MR) is 97.3 cm³/mol. The third-order valence-corrected chi connectivity index (χ3v) is 4.46. The lowest BCUT2D eigenvalue weighted by atomic mass is 10.1. The van der Waals surface area contributed by atoms with Crippen molar-refractivity contribution in [2.24, 2.45) is 0 Å². The van der Waals surface area contributed by atoms with E-state index >= 15 is 0 Å². The number of fused-ring (bicyclic) bond motifs is 2. The lowest BCUT2D eigenvalue weighted by molar-refractivity contribution is -0.113. The van der Waals surface area contributed by atoms with Crippen LogP contribution in [0.4, 0.5) is 5.69 Å². The zero-order valence-electron chi connectivity index (χ0n) is 12.7. The Morgan fingerprint density at radius 1 is 1.00 bits per heavy atom. The van der Waals surface area contributed by atoms with Crippen molar-refractivity contribution in [1.82, 2.24) is 4.98 Å². The number of hydrogen-bond acceptors (Lipinski definition) is 4. The van der Waals surface area contributed by atoms with Gasteiger partial charge in [-0.25, -0.2) is 4.98 Å². The van der Waals surface area contributed by atoms with Gasteiger partial charge in [0.05, 0.1) is 5.75 Å². The Balaban J connectivity index is 1.42. The second-order valence-corrected chi connectivity index (χ2v) is 6.27. The lowest BCUT2D eigenvalue weighted by Crippen LogP contribution is -2.13. The molecule has 0 fully saturated rings. The van der Waals surface area contributed by atoms with E-state index in [1.165, 1.54) is 11.8 Å². The zero-order valence-corrected chi connectivity index (χ0v) is 13.5. The summed E-state index contributed by atoms with van der Waals surface area (Å²) in [5.41, 5.74) is 2.32. The molecular formula is C19H14N2O2S. The van der Waals surface area contributed by atoms with Crippen LogP contribution in [0.1, 0.15) is 0 Å². The van der Waals surface area contributed by atoms with Crippen LogP contribution in [-0.2, 0) is 4.79 Å². The number of nitrogens with zero attached hydrogens (tertiary/aromatic N) is 1. The smallest absolute Gasteiger partial charge is 0.257 e. The van der Waals surface area contributed by atoms with Crippen molar-refractivity contribution in [2.45, 2.75) is 5.22 Å². The molecule has 0 aliphatic rings. The molecule has 0 spiro atoms. The Morgan fingerprint density at radius 3 is 2.67 bits per heavy atom. The molecule has 0 saturated carbocycles. The molecule has 118 valence electrons. The van der Waals surface area contributed by atoms with E-state index in [0.717, 1.165) is 27.6 Å². The van der Waals surface area contributed by atoms with Gasteiger partial charge in [0, 0.05) is 5.69 Å². The van der Waals surface area contributed by atoms with Crippen molar-refractivity contribution in [3.8, 4) is 0 Å². The van der Waals surface area contributed by atoms with E-state index in [1.54, 1.807) is 0 Å². The molecule has 0 radical (unpaired) electrons. The first-order valence-corrected chi connectivity index (χ1v) is 8.53. The molecular weight excluding hydrogens is 320 g/mol. The maximum atomic E-state index is 12.1. The largest absolute Gasteiger partial charge is 0.431 e. The fourth-order valence-electron chi connectivity index (χ4n) is 2.50. The molecule has 1 heterocycles. The number of rotatable bonds is 4. The number of anilines is 1. The van der Waals surface area contributed by atoms with Gasteiger partial charge in [-0.1, -0.05) is 54.2 Å². The second kappa shape index (κ2) is 6.37. The normalized spacial score (nSPS) is 11.0. The van der Waals surface area contributed by atoms with Crippen LogP contribution in [0.3, 0.4) is 0 Å². The van der Waals surface area contributed by atoms with Crippen LogP contribution in [0.15, 0.2) is 76.4 Å². The quantitative estimate of drug-likeness (QED) is 0.549. The first-order valence-electron chi connectivity index (χ1n) is 7.55. The topological polar surface area (TPSA) is 55.1 Å². The molecule has 4 rings (SSSR count). The third-order valence-electron chi connectivity index (χ3n) is 3.63. The van der Waals surface area contributed by atoms with Gasteiger partial charge in [-0.3, -0.25) is 4.79 Å². The van der Waals surface area contributed by atoms with Gasteiger partial charge in [0.2, 0.25) is 5.91 Å². The summed E-state index contributed by atoms with van der Waals surface area (Å²) in [5, 5.41) is 5.66. The van der Waals surface area contributed by atoms with Crippen molar-refractivity contribution < 1.29 is 9.21 Å². The summed E-state index contributed by atoms with van der Waals surface area (Å²) in [4.78, 5) is 16.5. The number of carbonyl (C=O) groups excluding carboxylic acids is 1. The van der Waals surface area contributed by atoms with E-state index in [1.807, 2.05) is 66.7 Å². The van der Waals surface area contributed by atoms with Gasteiger partial charge in [-0.05, 0) is 35.0 Å². The number of thioether (sulfide) groups is 1. The molecule has 5 heteroatoms. The van der Waals surface area contributed by atoms with Crippen molar-refractivity contribution >= 4 is 45.2 Å². The summed E-state index contributed by atoms with van der Waals surface area (Å²) in [6.07, 6.45) is 0. The molecule has 0 atom stereocenters. The monoisotopic (exact) mass is 334 g/mol. The summed E-state index contributed by atoms with van der Waals surface area (Å²) < 4.78 is 5.60. The van der Waals surface area contributed by atoms with Crippen LogP contribution in [0.2, 0.25) is 0 Å². The third kappa shape index (κ3) is 3.12. The number of benzene rings is 3. The fraction of sp³-hybridized carbons (Fsp3) is 0.0526. The van der Waals surface area contributed by atoms with E-state index in [4.69, 9.17) is 4.42 Å². The molecule has 4 nitrogen and oxygen atoms in total. The first kappa shape index (κ1) is 14.8. The predicted octanol–water partition coefficient (Wildman–Crippen LogP) is 4.71. The van der Waals surface area contributed by atoms with Crippen LogP contribution in [0, 0.1) is 0 Å². The van der Waals surface area contributed by atoms with Crippen LogP contribution in [0.5, 0.6) is 0 Å². The van der Waals surface area contributed by atoms with Gasteiger partial charge < -0.3 is 9.73 Å². The highest BCUT2D eigenvalue weighted by Crippen LogP contribution is 2.24. The molecule has 0 unspecified atom stereocenters. The molecule has 0 bridgehead atoms. The Morgan fingerprint density at radius 2 is 1.79 bits per heavy atom. The van der Waals surface area contributed by atoms with Crippen LogP contribution < -0.4 is 5.32 Å². The summed E-state index contributed by atoms with van der Waals surface area (Å²) >= 11 is 1.29. The van der Waals surface area contributed by atoms with Crippen molar-refractivity contribution in [2.75, 3.05) is 11.1 Å². The number of hydrogen-bond donors (Lipinski definition) is 1. The number of nitrogens with one attached hydrogen (secondary N) is 1. The van der Waals surface area contributed by atoms with Gasteiger partial charge in [0.25, 0.3) is 5.22 Å². The molecule has 0 aliphatic heterocycles. The molecule has 0 saturated heterocycles. The molecule has 1 aromatic heterocycles. The average molecular weight is 334 g/mol. The van der Waals surface area contributed by atoms with Crippen LogP contribution in [-0.4, -0.2) is 16.6 Å². The number of amides is 1. The molecule has 24 heavy (non-hydrogen) atoms. The Kier molecular flexibility index (Phi) is 3.92. The highest BCUT2D eigenvalue weighted by molar-refractivity contribution is 7.99. The number of oxazole rings is 1. The summed E-state index contributed by atoms with van der Waals surface area (Å²) in [6, 6.07) is 21.5. The lowest BCUT2D eigenvalue weighted by Gasteiger charge is -2.05. The first-order chi connectivity index (χ1) is 11.8.